The minimum atomic E-state index is -6.65. The third-order valence-electron chi connectivity index (χ3n) is 3.27. The van der Waals surface area contributed by atoms with E-state index in [1.54, 1.807) is 0 Å². The van der Waals surface area contributed by atoms with Gasteiger partial charge in [0.25, 0.3) is 0 Å². The van der Waals surface area contributed by atoms with Gasteiger partial charge in [-0.05, 0) is 6.07 Å². The van der Waals surface area contributed by atoms with E-state index < -0.39 is 53.1 Å². The summed E-state index contributed by atoms with van der Waals surface area (Å²) in [5.41, 5.74) is -17.1. The minimum Gasteiger partial charge on any atom is -0.333 e. The third kappa shape index (κ3) is 3.19. The number of benzene rings is 1. The van der Waals surface area contributed by atoms with Crippen LogP contribution in [0.4, 0.5) is 52.7 Å². The normalized spacial score (nSPS) is 19.0. The Kier molecular flexibility index (Phi) is 5.07. The van der Waals surface area contributed by atoms with Gasteiger partial charge in [-0.15, -0.1) is 0 Å². The summed E-state index contributed by atoms with van der Waals surface area (Å²) in [6, 6.07) is -1.52. The SMILES string of the molecule is OC(F)(F)C(F)(c1cccc(C(F)(C(O)(F)F)C(F)(F)F)c1)C(F)(F)F. The molecule has 0 aliphatic carbocycles. The summed E-state index contributed by atoms with van der Waals surface area (Å²) in [5.74, 6) is 0. The Bertz CT molecular complexity index is 571. The Morgan fingerprint density at radius 2 is 0.808 bits per heavy atom. The summed E-state index contributed by atoms with van der Waals surface area (Å²) in [5, 5.41) is 16.4. The standard InChI is InChI=1S/C12H6F12O2/c13-7(9(15,16)17,11(21,22)25)5-2-1-3-6(4-5)8(14,10(18,19)20)12(23,24)26/h1-4,25-26H. The maximum absolute atomic E-state index is 13.9. The molecule has 0 fully saturated rings. The molecule has 14 heteroatoms. The van der Waals surface area contributed by atoms with Crippen LogP contribution in [0.2, 0.25) is 0 Å². The Morgan fingerprint density at radius 3 is 1.00 bits per heavy atom. The second-order valence-corrected chi connectivity index (χ2v) is 4.98. The molecular weight excluding hydrogens is 404 g/mol. The van der Waals surface area contributed by atoms with Crippen molar-refractivity contribution in [2.75, 3.05) is 0 Å². The highest BCUT2D eigenvalue weighted by Crippen LogP contribution is 2.55. The van der Waals surface area contributed by atoms with Gasteiger partial charge in [0.15, 0.2) is 0 Å². The van der Waals surface area contributed by atoms with E-state index in [0.717, 1.165) is 0 Å². The van der Waals surface area contributed by atoms with Crippen molar-refractivity contribution in [2.45, 2.75) is 35.9 Å². The van der Waals surface area contributed by atoms with Crippen molar-refractivity contribution in [3.8, 4) is 0 Å². The molecule has 1 rings (SSSR count). The van der Waals surface area contributed by atoms with Gasteiger partial charge >= 0.3 is 35.9 Å². The first-order chi connectivity index (χ1) is 11.2. The van der Waals surface area contributed by atoms with Gasteiger partial charge < -0.3 is 10.2 Å². The van der Waals surface area contributed by atoms with Gasteiger partial charge in [0, 0.05) is 11.1 Å². The molecule has 0 saturated carbocycles. The Balaban J connectivity index is 3.80. The predicted molar refractivity (Wildman–Crippen MR) is 58.5 cm³/mol. The second kappa shape index (κ2) is 5.90. The molecule has 2 N–H and O–H groups in total. The maximum Gasteiger partial charge on any atom is 0.435 e. The topological polar surface area (TPSA) is 40.5 Å². The molecule has 1 aromatic rings. The molecule has 0 aromatic heterocycles. The number of hydrogen-bond donors (Lipinski definition) is 2. The molecule has 0 saturated heterocycles. The lowest BCUT2D eigenvalue weighted by molar-refractivity contribution is -0.377. The van der Waals surface area contributed by atoms with Crippen molar-refractivity contribution in [2.24, 2.45) is 0 Å². The van der Waals surface area contributed by atoms with Crippen molar-refractivity contribution >= 4 is 0 Å². The lowest BCUT2D eigenvalue weighted by atomic mass is 9.87. The molecule has 0 heterocycles. The van der Waals surface area contributed by atoms with Crippen molar-refractivity contribution in [3.05, 3.63) is 35.4 Å². The van der Waals surface area contributed by atoms with E-state index in [0.29, 0.717) is 0 Å². The summed E-state index contributed by atoms with van der Waals surface area (Å²) in [7, 11) is 0. The highest BCUT2D eigenvalue weighted by atomic mass is 19.4. The smallest absolute Gasteiger partial charge is 0.333 e. The van der Waals surface area contributed by atoms with Crippen molar-refractivity contribution in [1.82, 2.24) is 0 Å². The van der Waals surface area contributed by atoms with Crippen LogP contribution in [0.5, 0.6) is 0 Å². The third-order valence-corrected chi connectivity index (χ3v) is 3.27. The molecule has 0 bridgehead atoms. The zero-order valence-electron chi connectivity index (χ0n) is 11.7. The molecule has 0 radical (unpaired) electrons. The van der Waals surface area contributed by atoms with E-state index in [4.69, 9.17) is 10.2 Å². The summed E-state index contributed by atoms with van der Waals surface area (Å²) in [6.07, 6.45) is -25.8. The van der Waals surface area contributed by atoms with Crippen LogP contribution in [0.1, 0.15) is 11.1 Å². The van der Waals surface area contributed by atoms with E-state index in [1.807, 2.05) is 0 Å². The van der Waals surface area contributed by atoms with Gasteiger partial charge in [0.2, 0.25) is 0 Å². The number of aliphatic hydroxyl groups is 2. The summed E-state index contributed by atoms with van der Waals surface area (Å²) < 4.78 is 155. The van der Waals surface area contributed by atoms with Gasteiger partial charge in [-0.1, -0.05) is 18.2 Å². The molecule has 0 amide bonds. The number of alkyl halides is 12. The van der Waals surface area contributed by atoms with Gasteiger partial charge in [-0.3, -0.25) is 0 Å². The van der Waals surface area contributed by atoms with E-state index in [9.17, 15) is 52.7 Å². The maximum atomic E-state index is 13.9. The molecule has 0 aliphatic rings. The van der Waals surface area contributed by atoms with Crippen LogP contribution >= 0.6 is 0 Å². The molecule has 1 aromatic carbocycles. The largest absolute Gasteiger partial charge is 0.435 e. The number of hydrogen-bond acceptors (Lipinski definition) is 2. The molecular formula is C12H6F12O2. The van der Waals surface area contributed by atoms with Crippen LogP contribution in [0.25, 0.3) is 0 Å². The Hall–Kier alpha value is -1.70. The molecule has 2 nitrogen and oxygen atoms in total. The summed E-state index contributed by atoms with van der Waals surface area (Å²) in [4.78, 5) is 0. The van der Waals surface area contributed by atoms with Crippen molar-refractivity contribution in [3.63, 3.8) is 0 Å². The monoisotopic (exact) mass is 410 g/mol. The fourth-order valence-electron chi connectivity index (χ4n) is 1.96. The average molecular weight is 410 g/mol. The fourth-order valence-corrected chi connectivity index (χ4v) is 1.96. The van der Waals surface area contributed by atoms with Crippen LogP contribution in [0, 0.1) is 0 Å². The second-order valence-electron chi connectivity index (χ2n) is 4.98. The van der Waals surface area contributed by atoms with Gasteiger partial charge in [-0.25, -0.2) is 8.78 Å². The van der Waals surface area contributed by atoms with Crippen molar-refractivity contribution in [1.29, 1.82) is 0 Å². The average Bonchev–Trinajstić information content (AvgIpc) is 2.40. The van der Waals surface area contributed by atoms with Crippen LogP contribution in [0.15, 0.2) is 24.3 Å². The zero-order chi connectivity index (χ0) is 21.0. The molecule has 2 unspecified atom stereocenters. The van der Waals surface area contributed by atoms with Gasteiger partial charge in [0.05, 0.1) is 0 Å². The number of halogens is 12. The van der Waals surface area contributed by atoms with Crippen LogP contribution < -0.4 is 0 Å². The number of rotatable bonds is 4. The predicted octanol–water partition coefficient (Wildman–Crippen LogP) is 4.31. The highest BCUT2D eigenvalue weighted by Gasteiger charge is 2.74. The minimum absolute atomic E-state index is 0.0811. The van der Waals surface area contributed by atoms with Gasteiger partial charge in [0.1, 0.15) is 0 Å². The molecule has 2 atom stereocenters. The van der Waals surface area contributed by atoms with E-state index in [2.05, 4.69) is 0 Å². The Morgan fingerprint density at radius 1 is 0.538 bits per heavy atom. The molecule has 26 heavy (non-hydrogen) atoms. The summed E-state index contributed by atoms with van der Waals surface area (Å²) in [6.45, 7) is 0. The van der Waals surface area contributed by atoms with E-state index >= 15 is 0 Å². The molecule has 150 valence electrons. The summed E-state index contributed by atoms with van der Waals surface area (Å²) >= 11 is 0. The first-order valence-corrected chi connectivity index (χ1v) is 6.04. The zero-order valence-corrected chi connectivity index (χ0v) is 11.7. The fraction of sp³-hybridized carbons (Fsp3) is 0.500. The molecule has 0 aliphatic heterocycles. The first kappa shape index (κ1) is 22.3. The van der Waals surface area contributed by atoms with E-state index in [-0.39, 0.29) is 18.2 Å². The van der Waals surface area contributed by atoms with Gasteiger partial charge in [-0.2, -0.15) is 43.9 Å². The van der Waals surface area contributed by atoms with Crippen LogP contribution in [-0.2, 0) is 11.3 Å². The lowest BCUT2D eigenvalue weighted by Gasteiger charge is -2.34. The highest BCUT2D eigenvalue weighted by molar-refractivity contribution is 5.36. The van der Waals surface area contributed by atoms with Crippen LogP contribution in [-0.4, -0.2) is 34.8 Å². The van der Waals surface area contributed by atoms with Crippen LogP contribution in [0.3, 0.4) is 0 Å². The van der Waals surface area contributed by atoms with E-state index in [1.165, 1.54) is 0 Å². The molecule has 0 spiro atoms. The Labute approximate surface area is 135 Å². The van der Waals surface area contributed by atoms with Crippen molar-refractivity contribution < 1.29 is 62.9 Å². The first-order valence-electron chi connectivity index (χ1n) is 6.04. The quantitative estimate of drug-likeness (QED) is 0.727. The lowest BCUT2D eigenvalue weighted by Crippen LogP contribution is -2.54.